The molecule has 4 nitrogen and oxygen atoms in total. The molecule has 1 aromatic rings. The number of rotatable bonds is 5. The first-order valence-electron chi connectivity index (χ1n) is 6.68. The Hall–Kier alpha value is -1.03. The van der Waals surface area contributed by atoms with Crippen LogP contribution < -0.4 is 5.73 Å². The van der Waals surface area contributed by atoms with E-state index in [-0.39, 0.29) is 0 Å². The van der Waals surface area contributed by atoms with Gasteiger partial charge in [-0.15, -0.1) is 0 Å². The zero-order valence-electron chi connectivity index (χ0n) is 11.0. The fourth-order valence-electron chi connectivity index (χ4n) is 2.79. The van der Waals surface area contributed by atoms with E-state index in [1.54, 1.807) is 6.20 Å². The second-order valence-corrected chi connectivity index (χ2v) is 5.27. The van der Waals surface area contributed by atoms with Crippen molar-refractivity contribution in [3.05, 3.63) is 12.4 Å². The Morgan fingerprint density at radius 2 is 2.12 bits per heavy atom. The summed E-state index contributed by atoms with van der Waals surface area (Å²) in [7, 11) is 0. The first kappa shape index (κ1) is 12.4. The van der Waals surface area contributed by atoms with Gasteiger partial charge in [0.2, 0.25) is 0 Å². The number of likely N-dealkylation sites (tertiary alicyclic amines) is 1. The normalized spacial score (nSPS) is 19.9. The molecule has 1 aliphatic heterocycles. The molecule has 2 heterocycles. The second kappa shape index (κ2) is 5.08. The lowest BCUT2D eigenvalue weighted by atomic mass is 9.82. The molecule has 2 rings (SSSR count). The van der Waals surface area contributed by atoms with E-state index in [4.69, 9.17) is 5.73 Å². The first-order chi connectivity index (χ1) is 8.17. The Labute approximate surface area is 104 Å². The van der Waals surface area contributed by atoms with Crippen LogP contribution in [0.3, 0.4) is 0 Å². The number of hydrogen-bond acceptors (Lipinski definition) is 3. The van der Waals surface area contributed by atoms with Crippen LogP contribution in [0.25, 0.3) is 0 Å². The fraction of sp³-hybridized carbons (Fsp3) is 0.769. The van der Waals surface area contributed by atoms with E-state index in [0.29, 0.717) is 5.41 Å². The maximum atomic E-state index is 5.65. The molecule has 1 saturated heterocycles. The molecule has 4 heteroatoms. The van der Waals surface area contributed by atoms with E-state index in [2.05, 4.69) is 23.8 Å². The number of anilines is 1. The predicted octanol–water partition coefficient (Wildman–Crippen LogP) is 1.98. The molecule has 0 saturated carbocycles. The Balaban J connectivity index is 1.82. The van der Waals surface area contributed by atoms with Crippen LogP contribution in [0.2, 0.25) is 0 Å². The zero-order valence-corrected chi connectivity index (χ0v) is 11.0. The van der Waals surface area contributed by atoms with Crippen molar-refractivity contribution < 1.29 is 0 Å². The number of nitrogens with two attached hydrogens (primary N) is 1. The van der Waals surface area contributed by atoms with Crippen LogP contribution in [0.4, 0.5) is 5.69 Å². The van der Waals surface area contributed by atoms with Crippen molar-refractivity contribution in [3.8, 4) is 0 Å². The molecule has 0 radical (unpaired) electrons. The SMILES string of the molecule is CCC1(CC)CCN(CCn2cc(N)cn2)C1. The van der Waals surface area contributed by atoms with Gasteiger partial charge in [0.1, 0.15) is 0 Å². The summed E-state index contributed by atoms with van der Waals surface area (Å²) in [5, 5.41) is 4.22. The van der Waals surface area contributed by atoms with Crippen LogP contribution in [0.5, 0.6) is 0 Å². The standard InChI is InChI=1S/C13H24N4/c1-3-13(4-2)5-6-16(11-13)7-8-17-10-12(14)9-15-17/h9-10H,3-8,11,14H2,1-2H3. The molecule has 0 spiro atoms. The summed E-state index contributed by atoms with van der Waals surface area (Å²) >= 11 is 0. The lowest BCUT2D eigenvalue weighted by Gasteiger charge is -2.26. The highest BCUT2D eigenvalue weighted by molar-refractivity contribution is 5.30. The molecule has 0 aliphatic carbocycles. The van der Waals surface area contributed by atoms with Gasteiger partial charge in [-0.3, -0.25) is 4.68 Å². The van der Waals surface area contributed by atoms with Crippen molar-refractivity contribution >= 4 is 5.69 Å². The molecular formula is C13H24N4. The molecule has 1 aliphatic rings. The minimum atomic E-state index is 0.573. The second-order valence-electron chi connectivity index (χ2n) is 5.27. The van der Waals surface area contributed by atoms with Crippen LogP contribution in [-0.2, 0) is 6.54 Å². The highest BCUT2D eigenvalue weighted by atomic mass is 15.3. The van der Waals surface area contributed by atoms with Gasteiger partial charge in [0.15, 0.2) is 0 Å². The lowest BCUT2D eigenvalue weighted by Crippen LogP contribution is -2.29. The van der Waals surface area contributed by atoms with Crippen molar-refractivity contribution in [3.63, 3.8) is 0 Å². The summed E-state index contributed by atoms with van der Waals surface area (Å²) in [6.07, 6.45) is 7.57. The Morgan fingerprint density at radius 1 is 1.35 bits per heavy atom. The molecule has 2 N–H and O–H groups in total. The summed E-state index contributed by atoms with van der Waals surface area (Å²) in [4.78, 5) is 2.56. The number of aromatic nitrogens is 2. The van der Waals surface area contributed by atoms with Gasteiger partial charge in [-0.2, -0.15) is 5.10 Å². The Bertz CT molecular complexity index is 354. The van der Waals surface area contributed by atoms with E-state index in [1.165, 1.54) is 32.4 Å². The maximum Gasteiger partial charge on any atom is 0.0719 e. The van der Waals surface area contributed by atoms with Crippen LogP contribution >= 0.6 is 0 Å². The van der Waals surface area contributed by atoms with E-state index in [0.717, 1.165) is 18.8 Å². The van der Waals surface area contributed by atoms with Crippen LogP contribution in [0, 0.1) is 5.41 Å². The topological polar surface area (TPSA) is 47.1 Å². The molecule has 0 aromatic carbocycles. The lowest BCUT2D eigenvalue weighted by molar-refractivity contribution is 0.234. The van der Waals surface area contributed by atoms with Gasteiger partial charge in [0.25, 0.3) is 0 Å². The van der Waals surface area contributed by atoms with Crippen LogP contribution in [0.15, 0.2) is 12.4 Å². The summed E-state index contributed by atoms with van der Waals surface area (Å²) < 4.78 is 1.94. The van der Waals surface area contributed by atoms with E-state index >= 15 is 0 Å². The van der Waals surface area contributed by atoms with Gasteiger partial charge in [-0.1, -0.05) is 13.8 Å². The number of nitrogen functional groups attached to an aromatic ring is 1. The highest BCUT2D eigenvalue weighted by Gasteiger charge is 2.34. The minimum absolute atomic E-state index is 0.573. The fourth-order valence-corrected chi connectivity index (χ4v) is 2.79. The van der Waals surface area contributed by atoms with E-state index < -0.39 is 0 Å². The van der Waals surface area contributed by atoms with Gasteiger partial charge < -0.3 is 10.6 Å². The average Bonchev–Trinajstić information content (AvgIpc) is 2.93. The Kier molecular flexibility index (Phi) is 3.72. The molecule has 0 bridgehead atoms. The Morgan fingerprint density at radius 3 is 2.65 bits per heavy atom. The summed E-state index contributed by atoms with van der Waals surface area (Å²) in [5.41, 5.74) is 6.98. The van der Waals surface area contributed by atoms with Crippen molar-refractivity contribution in [1.82, 2.24) is 14.7 Å². The first-order valence-corrected chi connectivity index (χ1v) is 6.68. The average molecular weight is 236 g/mol. The molecular weight excluding hydrogens is 212 g/mol. The van der Waals surface area contributed by atoms with Crippen molar-refractivity contribution in [1.29, 1.82) is 0 Å². The predicted molar refractivity (Wildman–Crippen MR) is 70.7 cm³/mol. The minimum Gasteiger partial charge on any atom is -0.396 e. The van der Waals surface area contributed by atoms with Gasteiger partial charge in [-0.05, 0) is 31.2 Å². The third-order valence-electron chi connectivity index (χ3n) is 4.32. The highest BCUT2D eigenvalue weighted by Crippen LogP contribution is 2.36. The van der Waals surface area contributed by atoms with Crippen molar-refractivity contribution in [2.24, 2.45) is 5.41 Å². The molecule has 0 atom stereocenters. The smallest absolute Gasteiger partial charge is 0.0719 e. The summed E-state index contributed by atoms with van der Waals surface area (Å²) in [5.74, 6) is 0. The summed E-state index contributed by atoms with van der Waals surface area (Å²) in [6, 6.07) is 0. The third kappa shape index (κ3) is 2.80. The van der Waals surface area contributed by atoms with Crippen molar-refractivity contribution in [2.45, 2.75) is 39.7 Å². The number of nitrogens with zero attached hydrogens (tertiary/aromatic N) is 3. The van der Waals surface area contributed by atoms with Crippen LogP contribution in [-0.4, -0.2) is 34.3 Å². The van der Waals surface area contributed by atoms with Gasteiger partial charge >= 0.3 is 0 Å². The molecule has 96 valence electrons. The molecule has 1 aromatic heterocycles. The van der Waals surface area contributed by atoms with Gasteiger partial charge in [-0.25, -0.2) is 0 Å². The summed E-state index contributed by atoms with van der Waals surface area (Å²) in [6.45, 7) is 9.15. The molecule has 0 amide bonds. The largest absolute Gasteiger partial charge is 0.396 e. The van der Waals surface area contributed by atoms with Crippen molar-refractivity contribution in [2.75, 3.05) is 25.4 Å². The monoisotopic (exact) mass is 236 g/mol. The zero-order chi connectivity index (χ0) is 12.3. The maximum absolute atomic E-state index is 5.65. The van der Waals surface area contributed by atoms with E-state index in [1.807, 2.05) is 10.9 Å². The van der Waals surface area contributed by atoms with Gasteiger partial charge in [0.05, 0.1) is 18.4 Å². The van der Waals surface area contributed by atoms with Gasteiger partial charge in [0, 0.05) is 19.3 Å². The quantitative estimate of drug-likeness (QED) is 0.850. The van der Waals surface area contributed by atoms with Crippen LogP contribution in [0.1, 0.15) is 33.1 Å². The number of hydrogen-bond donors (Lipinski definition) is 1. The molecule has 1 fully saturated rings. The third-order valence-corrected chi connectivity index (χ3v) is 4.32. The molecule has 0 unspecified atom stereocenters. The van der Waals surface area contributed by atoms with E-state index in [9.17, 15) is 0 Å². The molecule has 17 heavy (non-hydrogen) atoms.